The minimum atomic E-state index is -3.50. The minimum Gasteiger partial charge on any atom is -0.469 e. The van der Waals surface area contributed by atoms with Gasteiger partial charge in [0, 0.05) is 31.1 Å². The molecule has 10 heteroatoms. The van der Waals surface area contributed by atoms with Gasteiger partial charge in [-0.1, -0.05) is 6.92 Å². The molecule has 0 aliphatic carbocycles. The molecule has 0 radical (unpaired) electrons. The van der Waals surface area contributed by atoms with E-state index < -0.39 is 10.0 Å². The molecule has 1 fully saturated rings. The molecule has 27 heavy (non-hydrogen) atoms. The summed E-state index contributed by atoms with van der Waals surface area (Å²) in [6.45, 7) is 8.29. The van der Waals surface area contributed by atoms with Gasteiger partial charge in [0.1, 0.15) is 4.21 Å². The van der Waals surface area contributed by atoms with Crippen LogP contribution in [-0.4, -0.2) is 65.1 Å². The van der Waals surface area contributed by atoms with Crippen LogP contribution in [0.2, 0.25) is 0 Å². The van der Waals surface area contributed by atoms with E-state index in [1.165, 1.54) is 18.4 Å². The Bertz CT molecular complexity index is 776. The number of aryl methyl sites for hydroxylation is 1. The maximum absolute atomic E-state index is 12.2. The average Bonchev–Trinajstić information content (AvgIpc) is 3.23. The second kappa shape index (κ2) is 9.52. The van der Waals surface area contributed by atoms with Crippen LogP contribution in [0.3, 0.4) is 0 Å². The minimum absolute atomic E-state index is 0.168. The summed E-state index contributed by atoms with van der Waals surface area (Å²) in [7, 11) is -2.10. The Labute approximate surface area is 165 Å². The number of esters is 1. The number of guanidine groups is 1. The summed E-state index contributed by atoms with van der Waals surface area (Å²) in [5.41, 5.74) is 0. The number of nitrogens with one attached hydrogen (secondary N) is 2. The Kier molecular flexibility index (Phi) is 7.63. The second-order valence-corrected chi connectivity index (χ2v) is 9.79. The smallest absolute Gasteiger partial charge is 0.310 e. The Morgan fingerprint density at radius 3 is 2.74 bits per heavy atom. The number of methoxy groups -OCH3 is 1. The lowest BCUT2D eigenvalue weighted by molar-refractivity contribution is -0.145. The first kappa shape index (κ1) is 21.6. The van der Waals surface area contributed by atoms with Gasteiger partial charge in [0.25, 0.3) is 0 Å². The van der Waals surface area contributed by atoms with Crippen LogP contribution in [0.1, 0.15) is 18.7 Å². The molecule has 2 rings (SSSR count). The molecule has 8 nitrogen and oxygen atoms in total. The topological polar surface area (TPSA) is 100 Å². The molecule has 1 aliphatic rings. The molecular weight excluding hydrogens is 388 g/mol. The first-order valence-corrected chi connectivity index (χ1v) is 11.3. The molecule has 0 bridgehead atoms. The quantitative estimate of drug-likeness (QED) is 0.298. The third kappa shape index (κ3) is 5.66. The number of hydrogen-bond donors (Lipinski definition) is 2. The summed E-state index contributed by atoms with van der Waals surface area (Å²) < 4.78 is 32.2. The fraction of sp³-hybridized carbons (Fsp3) is 0.647. The van der Waals surface area contributed by atoms with Crippen LogP contribution in [0.5, 0.6) is 0 Å². The van der Waals surface area contributed by atoms with E-state index in [1.54, 1.807) is 12.1 Å². The molecule has 1 aromatic rings. The molecule has 152 valence electrons. The van der Waals surface area contributed by atoms with Gasteiger partial charge in [-0.05, 0) is 31.9 Å². The number of carbonyl (C=O) groups is 1. The number of ether oxygens (including phenoxy) is 1. The third-order valence-corrected chi connectivity index (χ3v) is 7.35. The molecule has 1 saturated heterocycles. The summed E-state index contributed by atoms with van der Waals surface area (Å²) in [5, 5.41) is 3.20. The van der Waals surface area contributed by atoms with Crippen molar-refractivity contribution in [3.8, 4) is 0 Å². The average molecular weight is 417 g/mol. The van der Waals surface area contributed by atoms with Crippen LogP contribution in [0.4, 0.5) is 0 Å². The Morgan fingerprint density at radius 1 is 1.41 bits per heavy atom. The lowest BCUT2D eigenvalue weighted by atomic mass is 9.99. The molecule has 0 spiro atoms. The molecular formula is C17H28N4O4S2. The molecule has 0 saturated carbocycles. The molecule has 2 heterocycles. The highest BCUT2D eigenvalue weighted by Gasteiger charge is 2.36. The molecule has 2 N–H and O–H groups in total. The van der Waals surface area contributed by atoms with Crippen LogP contribution in [-0.2, 0) is 19.6 Å². The number of hydrogen-bond acceptors (Lipinski definition) is 6. The van der Waals surface area contributed by atoms with Crippen molar-refractivity contribution in [1.82, 2.24) is 14.9 Å². The summed E-state index contributed by atoms with van der Waals surface area (Å²) in [4.78, 5) is 19.4. The zero-order valence-electron chi connectivity index (χ0n) is 16.2. The molecule has 2 atom stereocenters. The standard InChI is InChI=1S/C17H28N4O4S2/c1-5-18-17(21-10-12(2)14(11-21)16(22)25-4)19-8-9-20-27(23,24)15-7-6-13(3)26-15/h6-7,12,14,20H,5,8-11H2,1-4H3,(H,18,19). The van der Waals surface area contributed by atoms with E-state index in [1.807, 2.05) is 25.7 Å². The van der Waals surface area contributed by atoms with Gasteiger partial charge in [-0.25, -0.2) is 13.1 Å². The van der Waals surface area contributed by atoms with E-state index in [0.717, 1.165) is 4.88 Å². The Hall–Kier alpha value is -1.65. The maximum Gasteiger partial charge on any atom is 0.310 e. The molecule has 0 aromatic carbocycles. The van der Waals surface area contributed by atoms with E-state index in [-0.39, 0.29) is 24.3 Å². The highest BCUT2D eigenvalue weighted by Crippen LogP contribution is 2.24. The first-order chi connectivity index (χ1) is 12.8. The fourth-order valence-electron chi connectivity index (χ4n) is 2.99. The van der Waals surface area contributed by atoms with Gasteiger partial charge in [0.15, 0.2) is 5.96 Å². The number of aliphatic imine (C=N–C) groups is 1. The van der Waals surface area contributed by atoms with Gasteiger partial charge in [0.05, 0.1) is 19.6 Å². The van der Waals surface area contributed by atoms with E-state index in [2.05, 4.69) is 15.0 Å². The molecule has 1 aliphatic heterocycles. The van der Waals surface area contributed by atoms with Crippen LogP contribution in [0, 0.1) is 18.8 Å². The van der Waals surface area contributed by atoms with Crippen molar-refractivity contribution in [2.24, 2.45) is 16.8 Å². The normalized spacial score (nSPS) is 20.7. The lowest BCUT2D eigenvalue weighted by Crippen LogP contribution is -2.41. The molecule has 2 unspecified atom stereocenters. The summed E-state index contributed by atoms with van der Waals surface area (Å²) in [5.74, 6) is 0.461. The van der Waals surface area contributed by atoms with Gasteiger partial charge in [-0.15, -0.1) is 11.3 Å². The van der Waals surface area contributed by atoms with Crippen LogP contribution in [0.25, 0.3) is 0 Å². The summed E-state index contributed by atoms with van der Waals surface area (Å²) in [6, 6.07) is 3.39. The predicted octanol–water partition coefficient (Wildman–Crippen LogP) is 1.04. The van der Waals surface area contributed by atoms with Gasteiger partial charge < -0.3 is 15.0 Å². The number of rotatable bonds is 7. The number of thiophene rings is 1. The van der Waals surface area contributed by atoms with E-state index >= 15 is 0 Å². The lowest BCUT2D eigenvalue weighted by Gasteiger charge is -2.21. The number of carbonyl (C=O) groups excluding carboxylic acids is 1. The molecule has 0 amide bonds. The van der Waals surface area contributed by atoms with Crippen LogP contribution < -0.4 is 10.0 Å². The maximum atomic E-state index is 12.2. The van der Waals surface area contributed by atoms with Crippen molar-refractivity contribution in [2.75, 3.05) is 39.8 Å². The SMILES string of the molecule is CCNC(=NCCNS(=O)(=O)c1ccc(C)s1)N1CC(C)C(C(=O)OC)C1. The van der Waals surface area contributed by atoms with Crippen LogP contribution in [0.15, 0.2) is 21.3 Å². The highest BCUT2D eigenvalue weighted by atomic mass is 32.2. The van der Waals surface area contributed by atoms with Gasteiger partial charge >= 0.3 is 5.97 Å². The number of nitrogens with zero attached hydrogens (tertiary/aromatic N) is 2. The largest absolute Gasteiger partial charge is 0.469 e. The van der Waals surface area contributed by atoms with Crippen molar-refractivity contribution in [2.45, 2.75) is 25.0 Å². The molecule has 1 aromatic heterocycles. The third-order valence-electron chi connectivity index (χ3n) is 4.40. The predicted molar refractivity (Wildman–Crippen MR) is 106 cm³/mol. The van der Waals surface area contributed by atoms with E-state index in [4.69, 9.17) is 4.74 Å². The van der Waals surface area contributed by atoms with Crippen LogP contribution >= 0.6 is 11.3 Å². The summed E-state index contributed by atoms with van der Waals surface area (Å²) >= 11 is 1.24. The van der Waals surface area contributed by atoms with E-state index in [9.17, 15) is 13.2 Å². The fourth-order valence-corrected chi connectivity index (χ4v) is 5.34. The monoisotopic (exact) mass is 416 g/mol. The zero-order valence-corrected chi connectivity index (χ0v) is 17.8. The highest BCUT2D eigenvalue weighted by molar-refractivity contribution is 7.91. The van der Waals surface area contributed by atoms with Gasteiger partial charge in [-0.3, -0.25) is 9.79 Å². The zero-order chi connectivity index (χ0) is 20.0. The van der Waals surface area contributed by atoms with Crippen molar-refractivity contribution in [3.63, 3.8) is 0 Å². The Balaban J connectivity index is 1.95. The number of likely N-dealkylation sites (tertiary alicyclic amines) is 1. The first-order valence-electron chi connectivity index (χ1n) is 8.95. The van der Waals surface area contributed by atoms with Gasteiger partial charge in [-0.2, -0.15) is 0 Å². The summed E-state index contributed by atoms with van der Waals surface area (Å²) in [6.07, 6.45) is 0. The second-order valence-electron chi connectivity index (χ2n) is 6.51. The van der Waals surface area contributed by atoms with Gasteiger partial charge in [0.2, 0.25) is 10.0 Å². The van der Waals surface area contributed by atoms with Crippen molar-refractivity contribution in [1.29, 1.82) is 0 Å². The Morgan fingerprint density at radius 2 is 2.15 bits per heavy atom. The van der Waals surface area contributed by atoms with E-state index in [0.29, 0.717) is 36.3 Å². The van der Waals surface area contributed by atoms with Crippen molar-refractivity contribution in [3.05, 3.63) is 17.0 Å². The number of sulfonamides is 1. The van der Waals surface area contributed by atoms with Crippen molar-refractivity contribution < 1.29 is 17.9 Å². The van der Waals surface area contributed by atoms with Crippen molar-refractivity contribution >= 4 is 33.3 Å².